The summed E-state index contributed by atoms with van der Waals surface area (Å²) >= 11 is 1.40. The Morgan fingerprint density at radius 3 is 2.79 bits per heavy atom. The number of esters is 1. The quantitative estimate of drug-likeness (QED) is 0.348. The van der Waals surface area contributed by atoms with E-state index in [4.69, 9.17) is 9.15 Å². The third-order valence-corrected chi connectivity index (χ3v) is 6.26. The van der Waals surface area contributed by atoms with Crippen molar-refractivity contribution in [3.8, 4) is 11.4 Å². The third-order valence-electron chi connectivity index (χ3n) is 5.26. The Bertz CT molecular complexity index is 1200. The van der Waals surface area contributed by atoms with Gasteiger partial charge in [-0.3, -0.25) is 0 Å². The highest BCUT2D eigenvalue weighted by Gasteiger charge is 2.35. The van der Waals surface area contributed by atoms with Crippen LogP contribution in [0.3, 0.4) is 0 Å². The maximum absolute atomic E-state index is 12.9. The Kier molecular flexibility index (Phi) is 7.36. The van der Waals surface area contributed by atoms with Crippen LogP contribution in [0.2, 0.25) is 0 Å². The average molecular weight is 482 g/mol. The molecular weight excluding hydrogens is 454 g/mol. The molecule has 2 amide bonds. The minimum absolute atomic E-state index is 0.215. The summed E-state index contributed by atoms with van der Waals surface area (Å²) in [4.78, 5) is 25.3. The molecule has 0 saturated heterocycles. The molecule has 1 aliphatic rings. The van der Waals surface area contributed by atoms with E-state index in [1.165, 1.54) is 18.0 Å². The largest absolute Gasteiger partial charge is 0.467 e. The standard InChI is InChI=1S/C24H27N5O4S/c1-4-11-29-21(16-9-6-8-15(3)13-16)27-28-24(29)34-14-17-19(22(30)32-5-2)20(26-23(31)25-17)18-10-7-12-33-18/h6-10,12-13,20H,4-5,11,14H2,1-3H3,(H2,25,26,31). The van der Waals surface area contributed by atoms with Gasteiger partial charge in [-0.1, -0.05) is 42.4 Å². The lowest BCUT2D eigenvalue weighted by molar-refractivity contribution is -0.139. The first-order valence-electron chi connectivity index (χ1n) is 11.2. The molecule has 1 aromatic carbocycles. The van der Waals surface area contributed by atoms with Gasteiger partial charge in [0.2, 0.25) is 0 Å². The van der Waals surface area contributed by atoms with E-state index in [0.717, 1.165) is 29.9 Å². The van der Waals surface area contributed by atoms with Crippen LogP contribution in [0.4, 0.5) is 4.79 Å². The van der Waals surface area contributed by atoms with Gasteiger partial charge >= 0.3 is 12.0 Å². The fourth-order valence-corrected chi connectivity index (χ4v) is 4.74. The number of ether oxygens (including phenoxy) is 1. The molecule has 34 heavy (non-hydrogen) atoms. The number of amides is 2. The average Bonchev–Trinajstić information content (AvgIpc) is 3.48. The normalized spacial score (nSPS) is 15.7. The molecule has 3 aromatic rings. The lowest BCUT2D eigenvalue weighted by Crippen LogP contribution is -2.46. The highest BCUT2D eigenvalue weighted by molar-refractivity contribution is 7.99. The van der Waals surface area contributed by atoms with Gasteiger partial charge in [-0.25, -0.2) is 9.59 Å². The Morgan fingerprint density at radius 1 is 1.24 bits per heavy atom. The third kappa shape index (κ3) is 5.01. The summed E-state index contributed by atoms with van der Waals surface area (Å²) in [5.41, 5.74) is 2.90. The van der Waals surface area contributed by atoms with Crippen LogP contribution in [0.1, 0.15) is 37.6 Å². The van der Waals surface area contributed by atoms with Crippen molar-refractivity contribution in [2.45, 2.75) is 44.9 Å². The molecule has 0 spiro atoms. The number of carbonyl (C=O) groups is 2. The molecular formula is C24H27N5O4S. The summed E-state index contributed by atoms with van der Waals surface area (Å²) in [6.45, 7) is 6.83. The minimum Gasteiger partial charge on any atom is -0.467 e. The highest BCUT2D eigenvalue weighted by Crippen LogP contribution is 2.32. The number of aryl methyl sites for hydroxylation is 1. The number of hydrogen-bond acceptors (Lipinski definition) is 7. The Hall–Kier alpha value is -3.53. The smallest absolute Gasteiger partial charge is 0.338 e. The van der Waals surface area contributed by atoms with Gasteiger partial charge in [0.15, 0.2) is 11.0 Å². The predicted octanol–water partition coefficient (Wildman–Crippen LogP) is 4.22. The van der Waals surface area contributed by atoms with Crippen LogP contribution in [0, 0.1) is 6.92 Å². The van der Waals surface area contributed by atoms with E-state index >= 15 is 0 Å². The van der Waals surface area contributed by atoms with E-state index in [2.05, 4.69) is 38.4 Å². The number of nitrogens with zero attached hydrogens (tertiary/aromatic N) is 3. The molecule has 10 heteroatoms. The van der Waals surface area contributed by atoms with E-state index in [1.807, 2.05) is 25.1 Å². The number of urea groups is 1. The van der Waals surface area contributed by atoms with Gasteiger partial charge in [0.05, 0.1) is 18.4 Å². The van der Waals surface area contributed by atoms with Crippen LogP contribution in [-0.2, 0) is 16.1 Å². The van der Waals surface area contributed by atoms with E-state index in [-0.39, 0.29) is 6.61 Å². The lowest BCUT2D eigenvalue weighted by Gasteiger charge is -2.27. The van der Waals surface area contributed by atoms with Crippen LogP contribution >= 0.6 is 11.8 Å². The SMILES string of the molecule is CCCn1c(SCC2=C(C(=O)OCC)C(c3ccco3)NC(=O)N2)nnc1-c1cccc(C)c1. The topological polar surface area (TPSA) is 111 Å². The van der Waals surface area contributed by atoms with Crippen LogP contribution in [-0.4, -0.2) is 39.1 Å². The monoisotopic (exact) mass is 481 g/mol. The van der Waals surface area contributed by atoms with Crippen molar-refractivity contribution >= 4 is 23.8 Å². The molecule has 1 atom stereocenters. The molecule has 2 N–H and O–H groups in total. The molecule has 0 fully saturated rings. The second-order valence-corrected chi connectivity index (χ2v) is 8.72. The molecule has 4 rings (SSSR count). The van der Waals surface area contributed by atoms with Crippen molar-refractivity contribution in [3.63, 3.8) is 0 Å². The van der Waals surface area contributed by atoms with E-state index in [1.54, 1.807) is 19.1 Å². The van der Waals surface area contributed by atoms with Crippen molar-refractivity contribution < 1.29 is 18.7 Å². The predicted molar refractivity (Wildman–Crippen MR) is 128 cm³/mol. The molecule has 9 nitrogen and oxygen atoms in total. The molecule has 0 bridgehead atoms. The van der Waals surface area contributed by atoms with Gasteiger partial charge in [-0.2, -0.15) is 0 Å². The lowest BCUT2D eigenvalue weighted by atomic mass is 10.0. The van der Waals surface area contributed by atoms with Gasteiger partial charge in [0.1, 0.15) is 11.8 Å². The highest BCUT2D eigenvalue weighted by atomic mass is 32.2. The number of aromatic nitrogens is 3. The van der Waals surface area contributed by atoms with Gasteiger partial charge in [-0.15, -0.1) is 10.2 Å². The molecule has 0 aliphatic carbocycles. The van der Waals surface area contributed by atoms with Crippen molar-refractivity contribution in [2.75, 3.05) is 12.4 Å². The molecule has 2 aromatic heterocycles. The zero-order valence-corrected chi connectivity index (χ0v) is 20.1. The van der Waals surface area contributed by atoms with E-state index in [9.17, 15) is 9.59 Å². The Morgan fingerprint density at radius 2 is 2.09 bits per heavy atom. The molecule has 3 heterocycles. The second kappa shape index (κ2) is 10.6. The van der Waals surface area contributed by atoms with Crippen LogP contribution in [0.25, 0.3) is 11.4 Å². The number of hydrogen-bond donors (Lipinski definition) is 2. The Labute approximate surface area is 202 Å². The summed E-state index contributed by atoms with van der Waals surface area (Å²) in [5, 5.41) is 15.1. The second-order valence-electron chi connectivity index (χ2n) is 7.78. The van der Waals surface area contributed by atoms with Crippen LogP contribution in [0.5, 0.6) is 0 Å². The van der Waals surface area contributed by atoms with Crippen molar-refractivity contribution in [1.82, 2.24) is 25.4 Å². The van der Waals surface area contributed by atoms with E-state index < -0.39 is 18.0 Å². The maximum Gasteiger partial charge on any atom is 0.338 e. The molecule has 178 valence electrons. The molecule has 1 aliphatic heterocycles. The zero-order chi connectivity index (χ0) is 24.1. The number of nitrogens with one attached hydrogen (secondary N) is 2. The summed E-state index contributed by atoms with van der Waals surface area (Å²) < 4.78 is 12.8. The van der Waals surface area contributed by atoms with E-state index in [0.29, 0.717) is 27.9 Å². The van der Waals surface area contributed by atoms with Gasteiger partial charge in [0, 0.05) is 23.6 Å². The summed E-state index contributed by atoms with van der Waals surface area (Å²) in [7, 11) is 0. The number of thioether (sulfide) groups is 1. The zero-order valence-electron chi connectivity index (χ0n) is 19.3. The number of furan rings is 1. The first-order valence-corrected chi connectivity index (χ1v) is 12.1. The fraction of sp³-hybridized carbons (Fsp3) is 0.333. The molecule has 1 unspecified atom stereocenters. The summed E-state index contributed by atoms with van der Waals surface area (Å²) in [6.07, 6.45) is 2.41. The fourth-order valence-electron chi connectivity index (χ4n) is 3.81. The van der Waals surface area contributed by atoms with Crippen LogP contribution < -0.4 is 10.6 Å². The first-order chi connectivity index (χ1) is 16.5. The first kappa shape index (κ1) is 23.6. The van der Waals surface area contributed by atoms with Crippen molar-refractivity contribution in [1.29, 1.82) is 0 Å². The Balaban J connectivity index is 1.67. The molecule has 0 saturated carbocycles. The van der Waals surface area contributed by atoms with Crippen molar-refractivity contribution in [3.05, 3.63) is 65.3 Å². The van der Waals surface area contributed by atoms with Crippen LogP contribution in [0.15, 0.2) is 63.5 Å². The summed E-state index contributed by atoms with van der Waals surface area (Å²) in [6, 6.07) is 10.4. The number of rotatable bonds is 9. The van der Waals surface area contributed by atoms with Gasteiger partial charge in [0.25, 0.3) is 0 Å². The van der Waals surface area contributed by atoms with Gasteiger partial charge < -0.3 is 24.4 Å². The number of benzene rings is 1. The summed E-state index contributed by atoms with van der Waals surface area (Å²) in [5.74, 6) is 1.03. The number of carbonyl (C=O) groups excluding carboxylic acids is 2. The molecule has 0 radical (unpaired) electrons. The van der Waals surface area contributed by atoms with Gasteiger partial charge in [-0.05, 0) is 38.5 Å². The maximum atomic E-state index is 12.9. The van der Waals surface area contributed by atoms with Crippen molar-refractivity contribution in [2.24, 2.45) is 0 Å². The minimum atomic E-state index is -0.741.